The zero-order valence-electron chi connectivity index (χ0n) is 14.0. The van der Waals surface area contributed by atoms with Gasteiger partial charge in [0.15, 0.2) is 0 Å². The molecule has 0 aliphatic carbocycles. The van der Waals surface area contributed by atoms with Gasteiger partial charge in [0.2, 0.25) is 17.7 Å². The largest absolute Gasteiger partial charge is 0.418 e. The third kappa shape index (κ3) is 4.29. The molecular formula is C19H18FN3O2. The number of hydrogen-bond acceptors (Lipinski definition) is 4. The topological polar surface area (TPSA) is 68.0 Å². The van der Waals surface area contributed by atoms with Gasteiger partial charge in [0.25, 0.3) is 0 Å². The van der Waals surface area contributed by atoms with Crippen LogP contribution in [0.15, 0.2) is 52.9 Å². The van der Waals surface area contributed by atoms with Crippen LogP contribution in [-0.2, 0) is 11.2 Å². The molecule has 1 amide bonds. The molecule has 1 unspecified atom stereocenters. The van der Waals surface area contributed by atoms with Crippen molar-refractivity contribution in [2.24, 2.45) is 0 Å². The van der Waals surface area contributed by atoms with Crippen molar-refractivity contribution in [3.8, 4) is 11.5 Å². The van der Waals surface area contributed by atoms with Gasteiger partial charge in [-0.1, -0.05) is 29.8 Å². The molecule has 0 bridgehead atoms. The van der Waals surface area contributed by atoms with Crippen molar-refractivity contribution in [3.05, 3.63) is 71.4 Å². The molecule has 0 aliphatic rings. The molecule has 2 aromatic carbocycles. The van der Waals surface area contributed by atoms with Crippen LogP contribution in [0.25, 0.3) is 11.5 Å². The van der Waals surface area contributed by atoms with Gasteiger partial charge in [0.05, 0.1) is 0 Å². The second-order valence-electron chi connectivity index (χ2n) is 5.90. The predicted molar refractivity (Wildman–Crippen MR) is 91.1 cm³/mol. The molecule has 128 valence electrons. The molecule has 0 saturated carbocycles. The summed E-state index contributed by atoms with van der Waals surface area (Å²) in [5.41, 5.74) is 2.83. The minimum Gasteiger partial charge on any atom is -0.418 e. The minimum atomic E-state index is -0.429. The van der Waals surface area contributed by atoms with E-state index in [2.05, 4.69) is 15.5 Å². The molecule has 6 heteroatoms. The summed E-state index contributed by atoms with van der Waals surface area (Å²) in [6.07, 6.45) is 0.533. The monoisotopic (exact) mass is 339 g/mol. The predicted octanol–water partition coefficient (Wildman–Crippen LogP) is 3.60. The Balaban J connectivity index is 1.84. The standard InChI is InChI=1S/C19H18FN3O2/c1-12-3-5-14(6-4-12)11-17(21-13(2)24)19-23-22-18(25-19)15-7-9-16(20)10-8-15/h3-10,17H,11H2,1-2H3,(H,21,24). The van der Waals surface area contributed by atoms with Crippen LogP contribution in [0.4, 0.5) is 4.39 Å². The first-order valence-electron chi connectivity index (χ1n) is 7.93. The lowest BCUT2D eigenvalue weighted by molar-refractivity contribution is -0.119. The molecule has 0 aliphatic heterocycles. The molecule has 0 spiro atoms. The van der Waals surface area contributed by atoms with Crippen LogP contribution in [0.5, 0.6) is 0 Å². The highest BCUT2D eigenvalue weighted by molar-refractivity contribution is 5.73. The lowest BCUT2D eigenvalue weighted by Gasteiger charge is -2.14. The van der Waals surface area contributed by atoms with Gasteiger partial charge < -0.3 is 9.73 Å². The zero-order valence-corrected chi connectivity index (χ0v) is 14.0. The summed E-state index contributed by atoms with van der Waals surface area (Å²) >= 11 is 0. The van der Waals surface area contributed by atoms with Crippen LogP contribution in [0.3, 0.4) is 0 Å². The van der Waals surface area contributed by atoms with Crippen molar-refractivity contribution in [2.75, 3.05) is 0 Å². The average molecular weight is 339 g/mol. The molecule has 1 atom stereocenters. The first-order valence-corrected chi connectivity index (χ1v) is 7.93. The van der Waals surface area contributed by atoms with Gasteiger partial charge in [-0.2, -0.15) is 0 Å². The number of amides is 1. The van der Waals surface area contributed by atoms with Gasteiger partial charge in [-0.3, -0.25) is 4.79 Å². The van der Waals surface area contributed by atoms with Gasteiger partial charge in [-0.05, 0) is 36.8 Å². The summed E-state index contributed by atoms with van der Waals surface area (Å²) in [7, 11) is 0. The summed E-state index contributed by atoms with van der Waals surface area (Å²) in [5.74, 6) is 0.0852. The Bertz CT molecular complexity index is 857. The number of nitrogens with zero attached hydrogens (tertiary/aromatic N) is 2. The number of aromatic nitrogens is 2. The van der Waals surface area contributed by atoms with E-state index in [0.717, 1.165) is 11.1 Å². The van der Waals surface area contributed by atoms with Crippen molar-refractivity contribution in [3.63, 3.8) is 0 Å². The highest BCUT2D eigenvalue weighted by Gasteiger charge is 2.21. The second kappa shape index (κ2) is 7.25. The highest BCUT2D eigenvalue weighted by atomic mass is 19.1. The molecule has 0 fully saturated rings. The third-order valence-corrected chi connectivity index (χ3v) is 3.77. The smallest absolute Gasteiger partial charge is 0.247 e. The lowest BCUT2D eigenvalue weighted by atomic mass is 10.0. The van der Waals surface area contributed by atoms with E-state index in [-0.39, 0.29) is 17.6 Å². The summed E-state index contributed by atoms with van der Waals surface area (Å²) in [6.45, 7) is 3.46. The van der Waals surface area contributed by atoms with E-state index < -0.39 is 6.04 Å². The van der Waals surface area contributed by atoms with Crippen LogP contribution in [0.1, 0.15) is 30.0 Å². The number of aryl methyl sites for hydroxylation is 1. The van der Waals surface area contributed by atoms with Crippen molar-refractivity contribution in [1.82, 2.24) is 15.5 Å². The molecule has 1 aromatic heterocycles. The van der Waals surface area contributed by atoms with Crippen LogP contribution in [-0.4, -0.2) is 16.1 Å². The summed E-state index contributed by atoms with van der Waals surface area (Å²) < 4.78 is 18.7. The van der Waals surface area contributed by atoms with Crippen molar-refractivity contribution >= 4 is 5.91 Å². The number of halogens is 1. The molecule has 0 saturated heterocycles. The number of carbonyl (C=O) groups is 1. The summed E-state index contributed by atoms with van der Waals surface area (Å²) in [6, 6.07) is 13.4. The molecule has 5 nitrogen and oxygen atoms in total. The molecule has 1 N–H and O–H groups in total. The van der Waals surface area contributed by atoms with Gasteiger partial charge in [-0.15, -0.1) is 10.2 Å². The molecule has 25 heavy (non-hydrogen) atoms. The Kier molecular flexibility index (Phi) is 4.88. The van der Waals surface area contributed by atoms with Crippen LogP contribution in [0.2, 0.25) is 0 Å². The van der Waals surface area contributed by atoms with E-state index in [4.69, 9.17) is 4.42 Å². The van der Waals surface area contributed by atoms with Crippen molar-refractivity contribution in [2.45, 2.75) is 26.3 Å². The molecule has 3 rings (SSSR count). The van der Waals surface area contributed by atoms with E-state index in [1.807, 2.05) is 31.2 Å². The quantitative estimate of drug-likeness (QED) is 0.771. The molecule has 0 radical (unpaired) electrons. The average Bonchev–Trinajstić information content (AvgIpc) is 3.06. The number of rotatable bonds is 5. The van der Waals surface area contributed by atoms with E-state index in [1.165, 1.54) is 19.1 Å². The molecule has 1 heterocycles. The first kappa shape index (κ1) is 16.8. The fraction of sp³-hybridized carbons (Fsp3) is 0.211. The third-order valence-electron chi connectivity index (χ3n) is 3.77. The van der Waals surface area contributed by atoms with Gasteiger partial charge in [-0.25, -0.2) is 4.39 Å². The fourth-order valence-electron chi connectivity index (χ4n) is 2.49. The number of hydrogen-bond donors (Lipinski definition) is 1. The Labute approximate surface area is 144 Å². The number of carbonyl (C=O) groups excluding carboxylic acids is 1. The zero-order chi connectivity index (χ0) is 17.8. The number of nitrogens with one attached hydrogen (secondary N) is 1. The van der Waals surface area contributed by atoms with E-state index in [9.17, 15) is 9.18 Å². The van der Waals surface area contributed by atoms with Crippen LogP contribution >= 0.6 is 0 Å². The minimum absolute atomic E-state index is 0.182. The van der Waals surface area contributed by atoms with Crippen molar-refractivity contribution < 1.29 is 13.6 Å². The maximum absolute atomic E-state index is 13.0. The van der Waals surface area contributed by atoms with Crippen LogP contribution in [0, 0.1) is 12.7 Å². The first-order chi connectivity index (χ1) is 12.0. The molecule has 3 aromatic rings. The second-order valence-corrected chi connectivity index (χ2v) is 5.90. The Morgan fingerprint density at radius 2 is 1.80 bits per heavy atom. The summed E-state index contributed by atoms with van der Waals surface area (Å²) in [4.78, 5) is 11.5. The number of benzene rings is 2. The normalized spacial score (nSPS) is 12.0. The van der Waals surface area contributed by atoms with Crippen molar-refractivity contribution in [1.29, 1.82) is 0 Å². The van der Waals surface area contributed by atoms with E-state index in [0.29, 0.717) is 17.9 Å². The lowest BCUT2D eigenvalue weighted by Crippen LogP contribution is -2.28. The maximum Gasteiger partial charge on any atom is 0.247 e. The Morgan fingerprint density at radius 3 is 2.44 bits per heavy atom. The Morgan fingerprint density at radius 1 is 1.12 bits per heavy atom. The van der Waals surface area contributed by atoms with Gasteiger partial charge in [0, 0.05) is 18.9 Å². The summed E-state index contributed by atoms with van der Waals surface area (Å²) in [5, 5.41) is 10.9. The van der Waals surface area contributed by atoms with E-state index >= 15 is 0 Å². The molecular weight excluding hydrogens is 321 g/mol. The van der Waals surface area contributed by atoms with Crippen LogP contribution < -0.4 is 5.32 Å². The SMILES string of the molecule is CC(=O)NC(Cc1ccc(C)cc1)c1nnc(-c2ccc(F)cc2)o1. The maximum atomic E-state index is 13.0. The van der Waals surface area contributed by atoms with E-state index in [1.54, 1.807) is 12.1 Å². The Hall–Kier alpha value is -3.02. The fourth-order valence-corrected chi connectivity index (χ4v) is 2.49. The van der Waals surface area contributed by atoms with Gasteiger partial charge in [0.1, 0.15) is 11.9 Å². The highest BCUT2D eigenvalue weighted by Crippen LogP contribution is 2.23. The van der Waals surface area contributed by atoms with Gasteiger partial charge >= 0.3 is 0 Å².